The van der Waals surface area contributed by atoms with Crippen molar-refractivity contribution in [3.63, 3.8) is 0 Å². The Morgan fingerprint density at radius 2 is 1.77 bits per heavy atom. The van der Waals surface area contributed by atoms with Crippen LogP contribution in [0, 0.1) is 11.8 Å². The van der Waals surface area contributed by atoms with Gasteiger partial charge in [0.15, 0.2) is 0 Å². The van der Waals surface area contributed by atoms with Crippen molar-refractivity contribution in [1.29, 1.82) is 0 Å². The Balaban J connectivity index is 2.82. The first-order chi connectivity index (χ1) is 10.3. The predicted molar refractivity (Wildman–Crippen MR) is 98.3 cm³/mol. The Bertz CT molecular complexity index is 440. The quantitative estimate of drug-likeness (QED) is 0.614. The summed E-state index contributed by atoms with van der Waals surface area (Å²) in [6.45, 7) is 12.4. The molecule has 2 unspecified atom stereocenters. The predicted octanol–water partition coefficient (Wildman–Crippen LogP) is 3.23. The van der Waals surface area contributed by atoms with E-state index >= 15 is 0 Å². The van der Waals surface area contributed by atoms with Crippen LogP contribution in [0.25, 0.3) is 0 Å². The molecule has 0 aliphatic heterocycles. The molecule has 4 N–H and O–H groups in total. The number of nitrogen functional groups attached to an aromatic ring is 1. The van der Waals surface area contributed by atoms with Gasteiger partial charge in [-0.25, -0.2) is 0 Å². The zero-order chi connectivity index (χ0) is 16.7. The van der Waals surface area contributed by atoms with E-state index in [2.05, 4.69) is 63.5 Å². The van der Waals surface area contributed by atoms with Crippen molar-refractivity contribution >= 4 is 5.69 Å². The van der Waals surface area contributed by atoms with Crippen LogP contribution in [-0.2, 0) is 12.8 Å². The van der Waals surface area contributed by atoms with Crippen LogP contribution in [-0.4, -0.2) is 25.7 Å². The van der Waals surface area contributed by atoms with Gasteiger partial charge in [-0.1, -0.05) is 46.8 Å². The average molecular weight is 306 g/mol. The molecule has 2 atom stereocenters. The molecule has 0 aliphatic rings. The van der Waals surface area contributed by atoms with Crippen LogP contribution < -0.4 is 16.4 Å². The summed E-state index contributed by atoms with van der Waals surface area (Å²) in [5, 5.41) is 6.92. The van der Waals surface area contributed by atoms with Crippen LogP contribution in [0.15, 0.2) is 18.2 Å². The van der Waals surface area contributed by atoms with Crippen molar-refractivity contribution in [1.82, 2.24) is 10.6 Å². The molecule has 0 heterocycles. The molecule has 0 spiro atoms. The van der Waals surface area contributed by atoms with E-state index in [-0.39, 0.29) is 0 Å². The lowest BCUT2D eigenvalue weighted by molar-refractivity contribution is 0.279. The van der Waals surface area contributed by atoms with Gasteiger partial charge in [0.1, 0.15) is 0 Å². The van der Waals surface area contributed by atoms with Crippen LogP contribution >= 0.6 is 0 Å². The minimum atomic E-state index is 0.508. The lowest BCUT2D eigenvalue weighted by atomic mass is 9.86. The summed E-state index contributed by atoms with van der Waals surface area (Å²) in [5.41, 5.74) is 9.78. The fourth-order valence-electron chi connectivity index (χ4n) is 3.13. The Kier molecular flexibility index (Phi) is 7.91. The van der Waals surface area contributed by atoms with Gasteiger partial charge in [0, 0.05) is 17.8 Å². The molecule has 22 heavy (non-hydrogen) atoms. The van der Waals surface area contributed by atoms with Gasteiger partial charge in [0.2, 0.25) is 0 Å². The third kappa shape index (κ3) is 5.98. The fraction of sp³-hybridized carbons (Fsp3) is 0.684. The second kappa shape index (κ2) is 9.16. The van der Waals surface area contributed by atoms with Crippen LogP contribution in [0.2, 0.25) is 0 Å². The first-order valence-corrected chi connectivity index (χ1v) is 8.63. The second-order valence-electron chi connectivity index (χ2n) is 7.16. The number of nitrogens with two attached hydrogens (primary N) is 1. The van der Waals surface area contributed by atoms with E-state index in [1.807, 2.05) is 7.05 Å². The summed E-state index contributed by atoms with van der Waals surface area (Å²) in [5.74, 6) is 1.18. The molecule has 1 aromatic rings. The third-order valence-corrected chi connectivity index (χ3v) is 4.27. The van der Waals surface area contributed by atoms with Crippen molar-refractivity contribution < 1.29 is 0 Å². The van der Waals surface area contributed by atoms with Crippen LogP contribution in [0.3, 0.4) is 0 Å². The first kappa shape index (κ1) is 19.0. The van der Waals surface area contributed by atoms with Crippen molar-refractivity contribution in [3.05, 3.63) is 29.3 Å². The van der Waals surface area contributed by atoms with E-state index in [1.54, 1.807) is 0 Å². The summed E-state index contributed by atoms with van der Waals surface area (Å²) in [6, 6.07) is 7.52. The van der Waals surface area contributed by atoms with E-state index in [0.717, 1.165) is 25.1 Å². The minimum Gasteiger partial charge on any atom is -0.399 e. The summed E-state index contributed by atoms with van der Waals surface area (Å²) in [7, 11) is 1.99. The number of hydrogen-bond donors (Lipinski definition) is 3. The SMILES string of the molecule is CNCCc1ccc(N)c(CC(C)C(NC(C)C)C(C)C)c1. The molecular weight excluding hydrogens is 270 g/mol. The largest absolute Gasteiger partial charge is 0.399 e. The molecule has 0 amide bonds. The molecule has 0 fully saturated rings. The van der Waals surface area contributed by atoms with Crippen molar-refractivity contribution in [2.45, 2.75) is 59.5 Å². The Hall–Kier alpha value is -1.06. The summed E-state index contributed by atoms with van der Waals surface area (Å²) < 4.78 is 0. The van der Waals surface area contributed by atoms with E-state index in [4.69, 9.17) is 5.73 Å². The number of anilines is 1. The molecule has 0 aromatic heterocycles. The molecule has 0 radical (unpaired) electrons. The molecule has 0 saturated carbocycles. The lowest BCUT2D eigenvalue weighted by Crippen LogP contribution is -2.43. The van der Waals surface area contributed by atoms with Crippen molar-refractivity contribution in [2.75, 3.05) is 19.3 Å². The van der Waals surface area contributed by atoms with Crippen molar-refractivity contribution in [3.8, 4) is 0 Å². The molecule has 3 nitrogen and oxygen atoms in total. The molecule has 126 valence electrons. The van der Waals surface area contributed by atoms with Gasteiger partial charge in [-0.3, -0.25) is 0 Å². The zero-order valence-corrected chi connectivity index (χ0v) is 15.2. The van der Waals surface area contributed by atoms with E-state index in [9.17, 15) is 0 Å². The first-order valence-electron chi connectivity index (χ1n) is 8.63. The Morgan fingerprint density at radius 3 is 2.32 bits per heavy atom. The highest BCUT2D eigenvalue weighted by Crippen LogP contribution is 2.23. The lowest BCUT2D eigenvalue weighted by Gasteiger charge is -2.31. The monoisotopic (exact) mass is 305 g/mol. The van der Waals surface area contributed by atoms with E-state index < -0.39 is 0 Å². The molecule has 3 heteroatoms. The molecule has 0 saturated heterocycles. The molecule has 0 aliphatic carbocycles. The maximum atomic E-state index is 6.21. The topological polar surface area (TPSA) is 50.1 Å². The zero-order valence-electron chi connectivity index (χ0n) is 15.2. The number of likely N-dealkylation sites (N-methyl/N-ethyl adjacent to an activating group) is 1. The molecule has 1 aromatic carbocycles. The second-order valence-corrected chi connectivity index (χ2v) is 7.16. The normalized spacial score (nSPS) is 14.5. The highest BCUT2D eigenvalue weighted by atomic mass is 14.9. The van der Waals surface area contributed by atoms with Crippen LogP contribution in [0.4, 0.5) is 5.69 Å². The Labute approximate surface area is 137 Å². The average Bonchev–Trinajstić information content (AvgIpc) is 2.45. The fourth-order valence-corrected chi connectivity index (χ4v) is 3.13. The van der Waals surface area contributed by atoms with Gasteiger partial charge in [0.05, 0.1) is 0 Å². The number of benzene rings is 1. The summed E-state index contributed by atoms with van der Waals surface area (Å²) in [6.07, 6.45) is 2.08. The van der Waals surface area contributed by atoms with Gasteiger partial charge in [-0.2, -0.15) is 0 Å². The summed E-state index contributed by atoms with van der Waals surface area (Å²) in [4.78, 5) is 0. The maximum Gasteiger partial charge on any atom is 0.0346 e. The number of nitrogens with one attached hydrogen (secondary N) is 2. The van der Waals surface area contributed by atoms with E-state index in [1.165, 1.54) is 11.1 Å². The van der Waals surface area contributed by atoms with E-state index in [0.29, 0.717) is 23.9 Å². The standard InChI is InChI=1S/C19H35N3/c1-13(2)19(22-14(3)4)15(5)11-17-12-16(9-10-21-6)7-8-18(17)20/h7-8,12-15,19,21-22H,9-11,20H2,1-6H3. The third-order valence-electron chi connectivity index (χ3n) is 4.27. The molecule has 1 rings (SSSR count). The van der Waals surface area contributed by atoms with Crippen LogP contribution in [0.5, 0.6) is 0 Å². The van der Waals surface area contributed by atoms with Gasteiger partial charge < -0.3 is 16.4 Å². The minimum absolute atomic E-state index is 0.508. The van der Waals surface area contributed by atoms with Gasteiger partial charge in [0.25, 0.3) is 0 Å². The molecular formula is C19H35N3. The maximum absolute atomic E-state index is 6.21. The molecule has 0 bridgehead atoms. The number of hydrogen-bond acceptors (Lipinski definition) is 3. The van der Waals surface area contributed by atoms with Gasteiger partial charge in [-0.15, -0.1) is 0 Å². The summed E-state index contributed by atoms with van der Waals surface area (Å²) >= 11 is 0. The highest BCUT2D eigenvalue weighted by Gasteiger charge is 2.22. The highest BCUT2D eigenvalue weighted by molar-refractivity contribution is 5.49. The van der Waals surface area contributed by atoms with Gasteiger partial charge >= 0.3 is 0 Å². The van der Waals surface area contributed by atoms with Crippen LogP contribution in [0.1, 0.15) is 45.7 Å². The van der Waals surface area contributed by atoms with Crippen molar-refractivity contribution in [2.24, 2.45) is 11.8 Å². The smallest absolute Gasteiger partial charge is 0.0346 e. The number of rotatable bonds is 9. The Morgan fingerprint density at radius 1 is 1.09 bits per heavy atom. The van der Waals surface area contributed by atoms with Gasteiger partial charge in [-0.05, 0) is 55.5 Å².